The summed E-state index contributed by atoms with van der Waals surface area (Å²) in [6, 6.07) is 8.47. The number of hydrogen-bond acceptors (Lipinski definition) is 3. The van der Waals surface area contributed by atoms with Crippen LogP contribution < -0.4 is 0 Å². The first-order valence-electron chi connectivity index (χ1n) is 10.8. The van der Waals surface area contributed by atoms with Crippen LogP contribution in [0.25, 0.3) is 0 Å². The van der Waals surface area contributed by atoms with Gasteiger partial charge in [-0.3, -0.25) is 14.5 Å². The van der Waals surface area contributed by atoms with Gasteiger partial charge in [-0.2, -0.15) is 0 Å². The molecule has 0 bridgehead atoms. The zero-order chi connectivity index (χ0) is 19.7. The molecule has 1 unspecified atom stereocenters. The number of piperidine rings is 1. The van der Waals surface area contributed by atoms with Crippen LogP contribution in [-0.2, 0) is 16.1 Å². The third-order valence-electron chi connectivity index (χ3n) is 7.47. The molecule has 1 aliphatic carbocycles. The summed E-state index contributed by atoms with van der Waals surface area (Å²) in [4.78, 5) is 29.3. The van der Waals surface area contributed by atoms with Gasteiger partial charge in [-0.05, 0) is 56.8 Å². The fourth-order valence-electron chi connectivity index (χ4n) is 5.60. The van der Waals surface area contributed by atoms with Crippen LogP contribution in [0.15, 0.2) is 24.3 Å². The van der Waals surface area contributed by atoms with Gasteiger partial charge >= 0.3 is 5.97 Å². The Balaban J connectivity index is 1.42. The molecule has 0 radical (unpaired) electrons. The van der Waals surface area contributed by atoms with Crippen molar-refractivity contribution in [1.29, 1.82) is 0 Å². The number of hydrogen-bond donors (Lipinski definition) is 1. The maximum Gasteiger partial charge on any atom is 0.308 e. The molecular weight excluding hydrogens is 352 g/mol. The summed E-state index contributed by atoms with van der Waals surface area (Å²) in [6.45, 7) is 5.92. The largest absolute Gasteiger partial charge is 0.481 e. The van der Waals surface area contributed by atoms with E-state index in [0.29, 0.717) is 13.1 Å². The fourth-order valence-corrected chi connectivity index (χ4v) is 5.60. The molecule has 1 N–H and O–H groups in total. The van der Waals surface area contributed by atoms with Gasteiger partial charge in [-0.15, -0.1) is 0 Å². The van der Waals surface area contributed by atoms with Crippen molar-refractivity contribution < 1.29 is 14.7 Å². The van der Waals surface area contributed by atoms with Crippen LogP contribution in [0.1, 0.15) is 49.7 Å². The monoisotopic (exact) mass is 384 g/mol. The summed E-state index contributed by atoms with van der Waals surface area (Å²) < 4.78 is 0. The number of nitrogens with zero attached hydrogens (tertiary/aromatic N) is 2. The number of carbonyl (C=O) groups is 2. The Morgan fingerprint density at radius 2 is 1.82 bits per heavy atom. The molecule has 3 aliphatic rings. The summed E-state index contributed by atoms with van der Waals surface area (Å²) >= 11 is 0. The molecule has 28 heavy (non-hydrogen) atoms. The van der Waals surface area contributed by atoms with E-state index in [1.807, 2.05) is 4.90 Å². The molecule has 0 aromatic heterocycles. The average molecular weight is 385 g/mol. The zero-order valence-corrected chi connectivity index (χ0v) is 16.9. The highest BCUT2D eigenvalue weighted by Crippen LogP contribution is 2.46. The second-order valence-corrected chi connectivity index (χ2v) is 9.16. The highest BCUT2D eigenvalue weighted by atomic mass is 16.4. The standard InChI is InChI=1S/C23H32N2O3/c1-17-6-2-3-9-19(17)14-24-12-10-23(11-13-24)16-25(15-20(23)22(27)28)21(26)18-7-4-5-8-18/h2-3,6,9,18,20H,4-5,7-8,10-16H2,1H3,(H,27,28). The highest BCUT2D eigenvalue weighted by Gasteiger charge is 2.53. The van der Waals surface area contributed by atoms with Crippen LogP contribution in [0.3, 0.4) is 0 Å². The third kappa shape index (κ3) is 3.69. The minimum absolute atomic E-state index is 0.130. The maximum atomic E-state index is 12.9. The van der Waals surface area contributed by atoms with E-state index in [9.17, 15) is 14.7 Å². The summed E-state index contributed by atoms with van der Waals surface area (Å²) in [5, 5.41) is 9.88. The second kappa shape index (κ2) is 7.86. The normalized spacial score (nSPS) is 25.5. The number of aliphatic carboxylic acids is 1. The summed E-state index contributed by atoms with van der Waals surface area (Å²) in [7, 11) is 0. The number of aryl methyl sites for hydroxylation is 1. The predicted octanol–water partition coefficient (Wildman–Crippen LogP) is 3.31. The number of carboxylic acids is 1. The molecule has 1 spiro atoms. The molecule has 2 saturated heterocycles. The Morgan fingerprint density at radius 3 is 2.46 bits per heavy atom. The van der Waals surface area contributed by atoms with E-state index in [0.717, 1.165) is 58.2 Å². The Hall–Kier alpha value is -1.88. The average Bonchev–Trinajstić information content (AvgIpc) is 3.34. The summed E-state index contributed by atoms with van der Waals surface area (Å²) in [5.74, 6) is -0.804. The molecule has 1 amide bonds. The zero-order valence-electron chi connectivity index (χ0n) is 16.9. The second-order valence-electron chi connectivity index (χ2n) is 9.16. The third-order valence-corrected chi connectivity index (χ3v) is 7.47. The van der Waals surface area contributed by atoms with Crippen molar-refractivity contribution in [2.24, 2.45) is 17.3 Å². The topological polar surface area (TPSA) is 60.9 Å². The van der Waals surface area contributed by atoms with Gasteiger partial charge in [0.05, 0.1) is 5.92 Å². The van der Waals surface area contributed by atoms with Crippen LogP contribution in [0.5, 0.6) is 0 Å². The van der Waals surface area contributed by atoms with Crippen molar-refractivity contribution in [2.45, 2.75) is 52.0 Å². The summed E-state index contributed by atoms with van der Waals surface area (Å²) in [5.41, 5.74) is 2.40. The maximum absolute atomic E-state index is 12.9. The van der Waals surface area contributed by atoms with Crippen LogP contribution in [-0.4, -0.2) is 53.0 Å². The molecule has 1 aromatic carbocycles. The SMILES string of the molecule is Cc1ccccc1CN1CCC2(CC1)CN(C(=O)C1CCCC1)CC2C(=O)O. The van der Waals surface area contributed by atoms with Gasteiger partial charge in [-0.1, -0.05) is 37.1 Å². The quantitative estimate of drug-likeness (QED) is 0.865. The molecule has 1 atom stereocenters. The molecule has 2 aliphatic heterocycles. The van der Waals surface area contributed by atoms with E-state index in [2.05, 4.69) is 36.1 Å². The smallest absolute Gasteiger partial charge is 0.308 e. The lowest BCUT2D eigenvalue weighted by Crippen LogP contribution is -2.46. The molecule has 1 aromatic rings. The van der Waals surface area contributed by atoms with E-state index in [1.165, 1.54) is 11.1 Å². The number of benzene rings is 1. The van der Waals surface area contributed by atoms with Gasteiger partial charge in [0.2, 0.25) is 5.91 Å². The Morgan fingerprint density at radius 1 is 1.14 bits per heavy atom. The van der Waals surface area contributed by atoms with Crippen molar-refractivity contribution in [2.75, 3.05) is 26.2 Å². The molecule has 5 heteroatoms. The number of amides is 1. The Labute approximate surface area is 167 Å². The number of carboxylic acid groups (broad SMARTS) is 1. The molecule has 3 fully saturated rings. The first kappa shape index (κ1) is 19.4. The van der Waals surface area contributed by atoms with E-state index in [4.69, 9.17) is 0 Å². The Kier molecular flexibility index (Phi) is 5.46. The number of carbonyl (C=O) groups excluding carboxylic acids is 1. The minimum atomic E-state index is -0.728. The summed E-state index contributed by atoms with van der Waals surface area (Å²) in [6.07, 6.45) is 5.94. The van der Waals surface area contributed by atoms with Gasteiger partial charge in [0.25, 0.3) is 0 Å². The van der Waals surface area contributed by atoms with Gasteiger partial charge < -0.3 is 10.0 Å². The lowest BCUT2D eigenvalue weighted by atomic mass is 9.71. The highest BCUT2D eigenvalue weighted by molar-refractivity contribution is 5.81. The van der Waals surface area contributed by atoms with Crippen molar-refractivity contribution in [3.63, 3.8) is 0 Å². The van der Waals surface area contributed by atoms with Crippen LogP contribution in [0.2, 0.25) is 0 Å². The molecule has 5 nitrogen and oxygen atoms in total. The van der Waals surface area contributed by atoms with E-state index < -0.39 is 11.9 Å². The lowest BCUT2D eigenvalue weighted by Gasteiger charge is -2.41. The first-order chi connectivity index (χ1) is 13.5. The van der Waals surface area contributed by atoms with Crippen molar-refractivity contribution in [3.8, 4) is 0 Å². The van der Waals surface area contributed by atoms with E-state index >= 15 is 0 Å². The lowest BCUT2D eigenvalue weighted by molar-refractivity contribution is -0.145. The molecule has 2 heterocycles. The Bertz CT molecular complexity index is 733. The van der Waals surface area contributed by atoms with Crippen molar-refractivity contribution in [1.82, 2.24) is 9.80 Å². The van der Waals surface area contributed by atoms with E-state index in [-0.39, 0.29) is 17.2 Å². The van der Waals surface area contributed by atoms with Gasteiger partial charge in [-0.25, -0.2) is 0 Å². The predicted molar refractivity (Wildman–Crippen MR) is 108 cm³/mol. The van der Waals surface area contributed by atoms with Crippen LogP contribution >= 0.6 is 0 Å². The van der Waals surface area contributed by atoms with Gasteiger partial charge in [0, 0.05) is 31.0 Å². The van der Waals surface area contributed by atoms with Crippen LogP contribution in [0, 0.1) is 24.2 Å². The molecule has 4 rings (SSSR count). The van der Waals surface area contributed by atoms with Crippen molar-refractivity contribution >= 4 is 11.9 Å². The van der Waals surface area contributed by atoms with E-state index in [1.54, 1.807) is 0 Å². The van der Waals surface area contributed by atoms with Gasteiger partial charge in [0.1, 0.15) is 0 Å². The van der Waals surface area contributed by atoms with Crippen molar-refractivity contribution in [3.05, 3.63) is 35.4 Å². The van der Waals surface area contributed by atoms with Gasteiger partial charge in [0.15, 0.2) is 0 Å². The fraction of sp³-hybridized carbons (Fsp3) is 0.652. The molecule has 1 saturated carbocycles. The molecule has 152 valence electrons. The minimum Gasteiger partial charge on any atom is -0.481 e. The number of rotatable bonds is 4. The number of likely N-dealkylation sites (tertiary alicyclic amines) is 2. The first-order valence-corrected chi connectivity index (χ1v) is 10.8. The van der Waals surface area contributed by atoms with Crippen LogP contribution in [0.4, 0.5) is 0 Å². The molecular formula is C23H32N2O3.